The van der Waals surface area contributed by atoms with Gasteiger partial charge in [0.25, 0.3) is 0 Å². The number of urea groups is 1. The zero-order valence-corrected chi connectivity index (χ0v) is 14.4. The Labute approximate surface area is 136 Å². The molecule has 2 amide bonds. The van der Waals surface area contributed by atoms with E-state index in [-0.39, 0.29) is 24.1 Å². The fourth-order valence-electron chi connectivity index (χ4n) is 2.53. The molecule has 9 heteroatoms. The molecule has 2 heterocycles. The van der Waals surface area contributed by atoms with Crippen LogP contribution in [0.15, 0.2) is 12.4 Å². The number of aryl methyl sites for hydroxylation is 1. The van der Waals surface area contributed by atoms with Crippen molar-refractivity contribution in [3.63, 3.8) is 0 Å². The van der Waals surface area contributed by atoms with Crippen LogP contribution in [0.1, 0.15) is 25.5 Å². The molecule has 1 aromatic rings. The molecule has 1 aromatic heterocycles. The highest BCUT2D eigenvalue weighted by Gasteiger charge is 2.35. The molecule has 0 aliphatic carbocycles. The highest BCUT2D eigenvalue weighted by Crippen LogP contribution is 2.26. The van der Waals surface area contributed by atoms with Gasteiger partial charge in [-0.15, -0.1) is 0 Å². The van der Waals surface area contributed by atoms with E-state index >= 15 is 0 Å². The van der Waals surface area contributed by atoms with Crippen LogP contribution < -0.4 is 5.32 Å². The minimum absolute atomic E-state index is 0.00963. The van der Waals surface area contributed by atoms with E-state index in [1.54, 1.807) is 22.0 Å². The summed E-state index contributed by atoms with van der Waals surface area (Å²) in [6.45, 7) is 6.15. The topological polar surface area (TPSA) is 93.5 Å². The van der Waals surface area contributed by atoms with Crippen LogP contribution in [0.2, 0.25) is 0 Å². The lowest BCUT2D eigenvalue weighted by Gasteiger charge is -2.34. The number of carbonyl (C=O) groups is 1. The van der Waals surface area contributed by atoms with E-state index in [0.717, 1.165) is 5.56 Å². The minimum Gasteiger partial charge on any atom is -0.380 e. The number of carbonyl (C=O) groups excluding carboxylic acids is 1. The number of ether oxygens (including phenoxy) is 1. The van der Waals surface area contributed by atoms with Gasteiger partial charge in [-0.2, -0.15) is 5.10 Å². The second-order valence-electron chi connectivity index (χ2n) is 5.38. The first-order valence-corrected chi connectivity index (χ1v) is 9.64. The summed E-state index contributed by atoms with van der Waals surface area (Å²) < 4.78 is 30.9. The average Bonchev–Trinajstić information content (AvgIpc) is 2.99. The molecular formula is C14H24N4O4S. The van der Waals surface area contributed by atoms with E-state index in [1.165, 1.54) is 0 Å². The van der Waals surface area contributed by atoms with Gasteiger partial charge in [0.15, 0.2) is 9.84 Å². The van der Waals surface area contributed by atoms with Gasteiger partial charge in [-0.25, -0.2) is 13.2 Å². The molecule has 1 unspecified atom stereocenters. The van der Waals surface area contributed by atoms with Gasteiger partial charge in [0, 0.05) is 38.0 Å². The number of amides is 2. The van der Waals surface area contributed by atoms with Crippen molar-refractivity contribution in [1.29, 1.82) is 0 Å². The van der Waals surface area contributed by atoms with Crippen molar-refractivity contribution < 1.29 is 17.9 Å². The predicted octanol–water partition coefficient (Wildman–Crippen LogP) is 0.421. The maximum atomic E-state index is 12.4. The molecule has 1 fully saturated rings. The number of sulfone groups is 1. The number of hydrogen-bond acceptors (Lipinski definition) is 5. The van der Waals surface area contributed by atoms with Gasteiger partial charge < -0.3 is 15.0 Å². The normalized spacial score (nSPS) is 20.4. The number of nitrogens with one attached hydrogen (secondary N) is 1. The SMILES string of the molecule is CCOCCNC(=O)N1CCS(=O)(=O)CC1c1cnn(CC)c1. The van der Waals surface area contributed by atoms with Gasteiger partial charge in [-0.1, -0.05) is 0 Å². The minimum atomic E-state index is -3.16. The van der Waals surface area contributed by atoms with E-state index in [2.05, 4.69) is 10.4 Å². The third-order valence-electron chi connectivity index (χ3n) is 3.78. The molecule has 23 heavy (non-hydrogen) atoms. The average molecular weight is 344 g/mol. The second-order valence-corrected chi connectivity index (χ2v) is 7.61. The van der Waals surface area contributed by atoms with Crippen molar-refractivity contribution in [2.45, 2.75) is 26.4 Å². The highest BCUT2D eigenvalue weighted by atomic mass is 32.2. The van der Waals surface area contributed by atoms with Crippen LogP contribution in [0, 0.1) is 0 Å². The maximum Gasteiger partial charge on any atom is 0.318 e. The van der Waals surface area contributed by atoms with Crippen LogP contribution in [0.4, 0.5) is 4.79 Å². The van der Waals surface area contributed by atoms with Gasteiger partial charge >= 0.3 is 6.03 Å². The predicted molar refractivity (Wildman–Crippen MR) is 85.9 cm³/mol. The third kappa shape index (κ3) is 4.68. The van der Waals surface area contributed by atoms with Crippen molar-refractivity contribution in [2.24, 2.45) is 0 Å². The molecule has 0 aromatic carbocycles. The van der Waals surface area contributed by atoms with Crippen LogP contribution in [0.5, 0.6) is 0 Å². The monoisotopic (exact) mass is 344 g/mol. The molecule has 1 saturated heterocycles. The summed E-state index contributed by atoms with van der Waals surface area (Å²) in [7, 11) is -3.16. The number of nitrogens with zero attached hydrogens (tertiary/aromatic N) is 3. The van der Waals surface area contributed by atoms with Crippen LogP contribution in [-0.2, 0) is 21.1 Å². The van der Waals surface area contributed by atoms with Crippen molar-refractivity contribution in [2.75, 3.05) is 37.8 Å². The number of rotatable bonds is 6. The molecule has 1 aliphatic heterocycles. The highest BCUT2D eigenvalue weighted by molar-refractivity contribution is 7.91. The number of hydrogen-bond donors (Lipinski definition) is 1. The first kappa shape index (κ1) is 17.7. The van der Waals surface area contributed by atoms with Crippen LogP contribution >= 0.6 is 0 Å². The van der Waals surface area contributed by atoms with Gasteiger partial charge in [-0.3, -0.25) is 4.68 Å². The molecule has 1 aliphatic rings. The standard InChI is InChI=1S/C14H24N4O4S/c1-3-17-10-12(9-16-17)13-11-23(20,21)8-6-18(13)14(19)15-5-7-22-4-2/h9-10,13H,3-8,11H2,1-2H3,(H,15,19). The first-order valence-electron chi connectivity index (χ1n) is 7.81. The van der Waals surface area contributed by atoms with Crippen LogP contribution in [0.3, 0.4) is 0 Å². The Balaban J connectivity index is 2.10. The molecule has 1 N–H and O–H groups in total. The lowest BCUT2D eigenvalue weighted by Crippen LogP contribution is -2.50. The Bertz CT molecular complexity index is 628. The quantitative estimate of drug-likeness (QED) is 0.755. The summed E-state index contributed by atoms with van der Waals surface area (Å²) in [5.41, 5.74) is 0.745. The van der Waals surface area contributed by atoms with E-state index < -0.39 is 15.9 Å². The van der Waals surface area contributed by atoms with Crippen molar-refractivity contribution in [1.82, 2.24) is 20.0 Å². The third-order valence-corrected chi connectivity index (χ3v) is 5.41. The molecule has 0 saturated carbocycles. The van der Waals surface area contributed by atoms with Crippen LogP contribution in [0.25, 0.3) is 0 Å². The Morgan fingerprint density at radius 3 is 2.91 bits per heavy atom. The first-order chi connectivity index (χ1) is 11.0. The van der Waals surface area contributed by atoms with E-state index in [1.807, 2.05) is 13.8 Å². The summed E-state index contributed by atoms with van der Waals surface area (Å²) in [4.78, 5) is 13.9. The lowest BCUT2D eigenvalue weighted by atomic mass is 10.1. The lowest BCUT2D eigenvalue weighted by molar-refractivity contribution is 0.142. The summed E-state index contributed by atoms with van der Waals surface area (Å²) in [5, 5.41) is 6.96. The Morgan fingerprint density at radius 1 is 1.48 bits per heavy atom. The zero-order valence-electron chi connectivity index (χ0n) is 13.6. The molecule has 2 rings (SSSR count). The molecule has 0 spiro atoms. The van der Waals surface area contributed by atoms with E-state index in [4.69, 9.17) is 4.74 Å². The molecular weight excluding hydrogens is 320 g/mol. The fourth-order valence-corrected chi connectivity index (χ4v) is 4.02. The summed E-state index contributed by atoms with van der Waals surface area (Å²) in [5.74, 6) is -0.0778. The summed E-state index contributed by atoms with van der Waals surface area (Å²) in [6.07, 6.45) is 3.43. The molecule has 1 atom stereocenters. The van der Waals surface area contributed by atoms with Gasteiger partial charge in [0.2, 0.25) is 0 Å². The maximum absolute atomic E-state index is 12.4. The van der Waals surface area contributed by atoms with Crippen molar-refractivity contribution in [3.05, 3.63) is 18.0 Å². The smallest absolute Gasteiger partial charge is 0.318 e. The summed E-state index contributed by atoms with van der Waals surface area (Å²) >= 11 is 0. The van der Waals surface area contributed by atoms with E-state index in [9.17, 15) is 13.2 Å². The second kappa shape index (κ2) is 7.78. The molecule has 0 bridgehead atoms. The summed E-state index contributed by atoms with van der Waals surface area (Å²) in [6, 6.07) is -0.769. The Kier molecular flexibility index (Phi) is 6.00. The Hall–Kier alpha value is -1.61. The van der Waals surface area contributed by atoms with Crippen LogP contribution in [-0.4, -0.2) is 66.9 Å². The molecule has 130 valence electrons. The van der Waals surface area contributed by atoms with Gasteiger partial charge in [0.05, 0.1) is 30.4 Å². The zero-order chi connectivity index (χ0) is 16.9. The fraction of sp³-hybridized carbons (Fsp3) is 0.714. The van der Waals surface area contributed by atoms with Crippen molar-refractivity contribution in [3.8, 4) is 0 Å². The van der Waals surface area contributed by atoms with E-state index in [0.29, 0.717) is 26.3 Å². The number of aromatic nitrogens is 2. The van der Waals surface area contributed by atoms with Gasteiger partial charge in [0.1, 0.15) is 0 Å². The molecule has 0 radical (unpaired) electrons. The Morgan fingerprint density at radius 2 is 2.26 bits per heavy atom. The van der Waals surface area contributed by atoms with Gasteiger partial charge in [-0.05, 0) is 13.8 Å². The largest absolute Gasteiger partial charge is 0.380 e. The van der Waals surface area contributed by atoms with Crippen molar-refractivity contribution >= 4 is 15.9 Å². The molecule has 8 nitrogen and oxygen atoms in total.